The molecule has 2 aliphatic heterocycles. The number of ether oxygens (including phenoxy) is 1. The van der Waals surface area contributed by atoms with Crippen LogP contribution in [0.3, 0.4) is 0 Å². The summed E-state index contributed by atoms with van der Waals surface area (Å²) in [4.78, 5) is 14.0. The van der Waals surface area contributed by atoms with Crippen LogP contribution in [0.25, 0.3) is 10.9 Å². The number of benzene rings is 1. The van der Waals surface area contributed by atoms with Crippen molar-refractivity contribution in [1.82, 2.24) is 19.8 Å². The van der Waals surface area contributed by atoms with Gasteiger partial charge in [0.2, 0.25) is 5.88 Å². The van der Waals surface area contributed by atoms with Crippen molar-refractivity contribution in [2.45, 2.75) is 75.2 Å². The van der Waals surface area contributed by atoms with E-state index in [1.54, 1.807) is 0 Å². The van der Waals surface area contributed by atoms with Gasteiger partial charge in [0.05, 0.1) is 6.04 Å². The molecule has 0 unspecified atom stereocenters. The normalized spacial score (nSPS) is 33.8. The molecule has 2 aromatic heterocycles. The lowest BCUT2D eigenvalue weighted by atomic mass is 9.48. The Kier molecular flexibility index (Phi) is 3.80. The van der Waals surface area contributed by atoms with Crippen molar-refractivity contribution in [3.63, 3.8) is 0 Å². The number of rotatable bonds is 5. The van der Waals surface area contributed by atoms with Gasteiger partial charge in [0, 0.05) is 59.6 Å². The van der Waals surface area contributed by atoms with Gasteiger partial charge < -0.3 is 9.72 Å². The van der Waals surface area contributed by atoms with Gasteiger partial charge in [-0.1, -0.05) is 24.3 Å². The number of likely N-dealkylation sites (tertiary alicyclic amines) is 1. The Morgan fingerprint density at radius 1 is 1.06 bits per heavy atom. The molecular formula is C28H32N4O. The van der Waals surface area contributed by atoms with Crippen LogP contribution in [-0.2, 0) is 6.42 Å². The number of para-hydroxylation sites is 1. The highest BCUT2D eigenvalue weighted by molar-refractivity contribution is 5.85. The zero-order chi connectivity index (χ0) is 21.7. The quantitative estimate of drug-likeness (QED) is 0.626. The first-order valence-corrected chi connectivity index (χ1v) is 12.9. The summed E-state index contributed by atoms with van der Waals surface area (Å²) in [6.45, 7) is 4.56. The van der Waals surface area contributed by atoms with Gasteiger partial charge in [-0.25, -0.2) is 4.98 Å². The maximum Gasteiger partial charge on any atom is 0.213 e. The maximum atomic E-state index is 6.20. The minimum absolute atomic E-state index is 0.244. The fourth-order valence-corrected chi connectivity index (χ4v) is 7.36. The number of aromatic amines is 1. The zero-order valence-electron chi connectivity index (χ0n) is 19.3. The van der Waals surface area contributed by atoms with Gasteiger partial charge in [-0.15, -0.1) is 0 Å². The molecule has 170 valence electrons. The summed E-state index contributed by atoms with van der Waals surface area (Å²) >= 11 is 0. The molecule has 0 spiro atoms. The van der Waals surface area contributed by atoms with Crippen molar-refractivity contribution in [3.05, 3.63) is 59.4 Å². The van der Waals surface area contributed by atoms with Gasteiger partial charge in [0.25, 0.3) is 0 Å². The number of pyridine rings is 1. The highest BCUT2D eigenvalue weighted by Gasteiger charge is 2.63. The molecule has 5 fully saturated rings. The van der Waals surface area contributed by atoms with E-state index in [0.29, 0.717) is 17.7 Å². The van der Waals surface area contributed by atoms with Gasteiger partial charge in [0.1, 0.15) is 6.10 Å². The first-order chi connectivity index (χ1) is 16.2. The summed E-state index contributed by atoms with van der Waals surface area (Å²) in [5.74, 6) is 1.74. The van der Waals surface area contributed by atoms with E-state index in [4.69, 9.17) is 9.72 Å². The van der Waals surface area contributed by atoms with E-state index in [-0.39, 0.29) is 6.04 Å². The zero-order valence-corrected chi connectivity index (χ0v) is 19.3. The Balaban J connectivity index is 1.13. The molecule has 5 heteroatoms. The Bertz CT molecular complexity index is 1210. The minimum atomic E-state index is 0.244. The molecule has 0 radical (unpaired) electrons. The Morgan fingerprint density at radius 3 is 2.58 bits per heavy atom. The Morgan fingerprint density at radius 2 is 1.88 bits per heavy atom. The third kappa shape index (κ3) is 2.75. The fourth-order valence-electron chi connectivity index (χ4n) is 7.36. The molecule has 2 atom stereocenters. The summed E-state index contributed by atoms with van der Waals surface area (Å²) < 4.78 is 6.20. The first-order valence-electron chi connectivity index (χ1n) is 12.9. The van der Waals surface area contributed by atoms with E-state index < -0.39 is 0 Å². The molecule has 5 nitrogen and oxygen atoms in total. The molecule has 3 aromatic rings. The minimum Gasteiger partial charge on any atom is -0.472 e. The average molecular weight is 441 g/mol. The van der Waals surface area contributed by atoms with Crippen molar-refractivity contribution in [2.24, 2.45) is 5.92 Å². The smallest absolute Gasteiger partial charge is 0.213 e. The van der Waals surface area contributed by atoms with Gasteiger partial charge in [-0.2, -0.15) is 0 Å². The largest absolute Gasteiger partial charge is 0.472 e. The first kappa shape index (κ1) is 19.0. The third-order valence-electron chi connectivity index (χ3n) is 9.23. The van der Waals surface area contributed by atoms with Crippen LogP contribution in [0.1, 0.15) is 61.9 Å². The molecule has 4 aliphatic carbocycles. The van der Waals surface area contributed by atoms with Crippen LogP contribution in [-0.4, -0.2) is 56.6 Å². The fraction of sp³-hybridized carbons (Fsp3) is 0.536. The van der Waals surface area contributed by atoms with E-state index >= 15 is 0 Å². The summed E-state index contributed by atoms with van der Waals surface area (Å²) in [7, 11) is 0. The monoisotopic (exact) mass is 440 g/mol. The van der Waals surface area contributed by atoms with Crippen LogP contribution >= 0.6 is 0 Å². The summed E-state index contributed by atoms with van der Waals surface area (Å²) in [6, 6.07) is 14.8. The number of nitrogens with zero attached hydrogens (tertiary/aromatic N) is 3. The third-order valence-corrected chi connectivity index (χ3v) is 9.23. The number of nitrogens with one attached hydrogen (secondary N) is 1. The van der Waals surface area contributed by atoms with E-state index in [1.807, 2.05) is 0 Å². The number of fused-ring (bicyclic) bond motifs is 3. The second kappa shape index (κ2) is 6.61. The number of hydrogen-bond acceptors (Lipinski definition) is 4. The molecule has 4 saturated carbocycles. The van der Waals surface area contributed by atoms with Gasteiger partial charge >= 0.3 is 0 Å². The molecule has 0 amide bonds. The molecule has 1 N–H and O–H groups in total. The molecule has 1 aromatic carbocycles. The number of aromatic nitrogens is 2. The van der Waals surface area contributed by atoms with Crippen molar-refractivity contribution >= 4 is 10.9 Å². The van der Waals surface area contributed by atoms with Crippen LogP contribution in [0.15, 0.2) is 42.6 Å². The Hall–Kier alpha value is -2.37. The van der Waals surface area contributed by atoms with Crippen molar-refractivity contribution in [2.75, 3.05) is 13.1 Å². The highest BCUT2D eigenvalue weighted by atomic mass is 16.5. The lowest BCUT2D eigenvalue weighted by molar-refractivity contribution is -0.174. The van der Waals surface area contributed by atoms with Crippen LogP contribution in [0, 0.1) is 5.92 Å². The van der Waals surface area contributed by atoms with E-state index in [0.717, 1.165) is 37.4 Å². The standard InChI is InChI=1S/C28H32N4O/c1-17-10-23-22-4-2-3-5-24(22)30-26(23)27(32(17)28-11-18(12-28)13-28)19-6-9-25(29-14-19)33-21-15-31(16-21)20-7-8-20/h2-6,9,14,17-18,20-21,27,30H,7-8,10-13,15-16H2,1H3/t17-,18?,27-,28?/m1/s1. The van der Waals surface area contributed by atoms with Gasteiger partial charge in [0.15, 0.2) is 0 Å². The topological polar surface area (TPSA) is 44.4 Å². The second-order valence-electron chi connectivity index (χ2n) is 11.5. The lowest BCUT2D eigenvalue weighted by Crippen LogP contribution is -2.71. The average Bonchev–Trinajstić information content (AvgIpc) is 3.50. The molecule has 9 rings (SSSR count). The van der Waals surface area contributed by atoms with Crippen LogP contribution in [0.4, 0.5) is 0 Å². The molecule has 6 aliphatic rings. The molecule has 1 saturated heterocycles. The SMILES string of the molecule is C[C@@H]1Cc2c([nH]c3ccccc23)[C@@H](c2ccc(OC3CN(C4CC4)C3)nc2)N1C12CC(C1)C2. The molecule has 2 bridgehead atoms. The van der Waals surface area contributed by atoms with E-state index in [1.165, 1.54) is 59.8 Å². The highest BCUT2D eigenvalue weighted by Crippen LogP contribution is 2.64. The van der Waals surface area contributed by atoms with Crippen LogP contribution in [0.5, 0.6) is 5.88 Å². The molecule has 4 heterocycles. The van der Waals surface area contributed by atoms with Crippen molar-refractivity contribution < 1.29 is 4.74 Å². The molecular weight excluding hydrogens is 408 g/mol. The van der Waals surface area contributed by atoms with Crippen molar-refractivity contribution in [1.29, 1.82) is 0 Å². The summed E-state index contributed by atoms with van der Waals surface area (Å²) in [5.41, 5.74) is 5.84. The predicted octanol–water partition coefficient (Wildman–Crippen LogP) is 4.68. The summed E-state index contributed by atoms with van der Waals surface area (Å²) in [6.07, 6.45) is 10.4. The molecule has 33 heavy (non-hydrogen) atoms. The van der Waals surface area contributed by atoms with Crippen molar-refractivity contribution in [3.8, 4) is 5.88 Å². The van der Waals surface area contributed by atoms with Crippen LogP contribution < -0.4 is 4.74 Å². The van der Waals surface area contributed by atoms with E-state index in [9.17, 15) is 0 Å². The van der Waals surface area contributed by atoms with Crippen LogP contribution in [0.2, 0.25) is 0 Å². The Labute approximate surface area is 195 Å². The maximum absolute atomic E-state index is 6.20. The summed E-state index contributed by atoms with van der Waals surface area (Å²) in [5, 5.41) is 1.39. The second-order valence-corrected chi connectivity index (χ2v) is 11.5. The number of hydrogen-bond donors (Lipinski definition) is 1. The van der Waals surface area contributed by atoms with Gasteiger partial charge in [-0.05, 0) is 68.6 Å². The van der Waals surface area contributed by atoms with Gasteiger partial charge in [-0.3, -0.25) is 9.80 Å². The predicted molar refractivity (Wildman–Crippen MR) is 128 cm³/mol. The van der Waals surface area contributed by atoms with E-state index in [2.05, 4.69) is 64.3 Å². The lowest BCUT2D eigenvalue weighted by Gasteiger charge is -2.70. The number of H-pyrrole nitrogens is 1.